The van der Waals surface area contributed by atoms with E-state index in [0.717, 1.165) is 5.69 Å². The number of aromatic nitrogens is 2. The molecule has 1 N–H and O–H groups in total. The van der Waals surface area contributed by atoms with Crippen LogP contribution in [0, 0.1) is 6.92 Å². The van der Waals surface area contributed by atoms with Gasteiger partial charge in [-0.15, -0.1) is 0 Å². The van der Waals surface area contributed by atoms with Gasteiger partial charge >= 0.3 is 0 Å². The lowest BCUT2D eigenvalue weighted by molar-refractivity contribution is -0.119. The maximum absolute atomic E-state index is 12.8. The zero-order chi connectivity index (χ0) is 17.3. The predicted octanol–water partition coefficient (Wildman–Crippen LogP) is 2.02. The van der Waals surface area contributed by atoms with Crippen molar-refractivity contribution in [3.63, 3.8) is 0 Å². The summed E-state index contributed by atoms with van der Waals surface area (Å²) in [4.78, 5) is 18.9. The second kappa shape index (κ2) is 6.24. The molecule has 7 heteroatoms. The topological polar surface area (TPSA) is 80.5 Å². The predicted molar refractivity (Wildman–Crippen MR) is 88.9 cm³/mol. The van der Waals surface area contributed by atoms with Gasteiger partial charge < -0.3 is 14.2 Å². The Hall–Kier alpha value is -2.41. The first-order valence-corrected chi connectivity index (χ1v) is 7.95. The van der Waals surface area contributed by atoms with Crippen molar-refractivity contribution in [1.82, 2.24) is 15.5 Å². The van der Waals surface area contributed by atoms with Crippen LogP contribution in [-0.2, 0) is 10.3 Å². The van der Waals surface area contributed by atoms with Crippen LogP contribution in [-0.4, -0.2) is 35.7 Å². The third-order valence-electron chi connectivity index (χ3n) is 4.18. The Morgan fingerprint density at radius 1 is 1.38 bits per heavy atom. The SMILES string of the molecule is COc1ccccc1N1CCC(NC(C)(C)c2nc(C)no2)C1=O. The normalized spacial score (nSPS) is 18.2. The largest absolute Gasteiger partial charge is 0.495 e. The molecule has 0 radical (unpaired) electrons. The molecule has 1 amide bonds. The van der Waals surface area contributed by atoms with Crippen molar-refractivity contribution in [3.05, 3.63) is 36.0 Å². The fourth-order valence-corrected chi connectivity index (χ4v) is 2.95. The molecule has 1 atom stereocenters. The summed E-state index contributed by atoms with van der Waals surface area (Å²) >= 11 is 0. The van der Waals surface area contributed by atoms with E-state index in [1.807, 2.05) is 38.1 Å². The summed E-state index contributed by atoms with van der Waals surface area (Å²) in [5.74, 6) is 1.76. The fraction of sp³-hybridized carbons (Fsp3) is 0.471. The van der Waals surface area contributed by atoms with Crippen molar-refractivity contribution in [3.8, 4) is 5.75 Å². The first-order chi connectivity index (χ1) is 11.4. The highest BCUT2D eigenvalue weighted by Crippen LogP contribution is 2.32. The molecule has 3 rings (SSSR count). The van der Waals surface area contributed by atoms with Crippen molar-refractivity contribution in [2.75, 3.05) is 18.6 Å². The first-order valence-electron chi connectivity index (χ1n) is 7.95. The van der Waals surface area contributed by atoms with E-state index < -0.39 is 5.54 Å². The third kappa shape index (κ3) is 2.99. The monoisotopic (exact) mass is 330 g/mol. The van der Waals surface area contributed by atoms with E-state index in [1.54, 1.807) is 18.9 Å². The Balaban J connectivity index is 1.77. The Bertz CT molecular complexity index is 741. The summed E-state index contributed by atoms with van der Waals surface area (Å²) in [6.07, 6.45) is 0.702. The van der Waals surface area contributed by atoms with Gasteiger partial charge in [-0.3, -0.25) is 10.1 Å². The number of benzene rings is 1. The lowest BCUT2D eigenvalue weighted by atomic mass is 10.0. The maximum atomic E-state index is 12.8. The fourth-order valence-electron chi connectivity index (χ4n) is 2.95. The van der Waals surface area contributed by atoms with Gasteiger partial charge in [0, 0.05) is 6.54 Å². The maximum Gasteiger partial charge on any atom is 0.246 e. The Labute approximate surface area is 141 Å². The second-order valence-electron chi connectivity index (χ2n) is 6.42. The number of amides is 1. The molecule has 1 aromatic carbocycles. The molecular formula is C17H22N4O3. The van der Waals surface area contributed by atoms with Crippen molar-refractivity contribution < 1.29 is 14.1 Å². The molecule has 0 bridgehead atoms. The number of nitrogens with one attached hydrogen (secondary N) is 1. The van der Waals surface area contributed by atoms with E-state index in [1.165, 1.54) is 0 Å². The van der Waals surface area contributed by atoms with Crippen LogP contribution >= 0.6 is 0 Å². The molecule has 1 saturated heterocycles. The van der Waals surface area contributed by atoms with E-state index in [9.17, 15) is 4.79 Å². The average Bonchev–Trinajstić information content (AvgIpc) is 3.15. The van der Waals surface area contributed by atoms with Crippen LogP contribution in [0.4, 0.5) is 5.69 Å². The highest BCUT2D eigenvalue weighted by Gasteiger charge is 2.39. The van der Waals surface area contributed by atoms with Crippen LogP contribution in [0.5, 0.6) is 5.75 Å². The molecule has 2 aromatic rings. The minimum Gasteiger partial charge on any atom is -0.495 e. The molecule has 1 aromatic heterocycles. The third-order valence-corrected chi connectivity index (χ3v) is 4.18. The zero-order valence-electron chi connectivity index (χ0n) is 14.4. The van der Waals surface area contributed by atoms with Gasteiger partial charge in [-0.25, -0.2) is 0 Å². The van der Waals surface area contributed by atoms with Crippen LogP contribution in [0.25, 0.3) is 0 Å². The van der Waals surface area contributed by atoms with Gasteiger partial charge in [0.1, 0.15) is 5.75 Å². The number of carbonyl (C=O) groups excluding carboxylic acids is 1. The molecule has 1 aliphatic heterocycles. The van der Waals surface area contributed by atoms with Gasteiger partial charge in [-0.1, -0.05) is 17.3 Å². The number of carbonyl (C=O) groups is 1. The molecule has 1 aliphatic rings. The highest BCUT2D eigenvalue weighted by molar-refractivity contribution is 6.00. The number of ether oxygens (including phenoxy) is 1. The molecule has 7 nitrogen and oxygen atoms in total. The molecule has 0 saturated carbocycles. The van der Waals surface area contributed by atoms with Crippen molar-refractivity contribution in [2.24, 2.45) is 0 Å². The molecule has 0 spiro atoms. The summed E-state index contributed by atoms with van der Waals surface area (Å²) in [5, 5.41) is 7.17. The Kier molecular flexibility index (Phi) is 4.28. The average molecular weight is 330 g/mol. The summed E-state index contributed by atoms with van der Waals surface area (Å²) < 4.78 is 10.6. The van der Waals surface area contributed by atoms with Gasteiger partial charge in [-0.05, 0) is 39.3 Å². The van der Waals surface area contributed by atoms with Crippen LogP contribution in [0.1, 0.15) is 32.0 Å². The number of anilines is 1. The smallest absolute Gasteiger partial charge is 0.246 e. The minimum atomic E-state index is -0.585. The van der Waals surface area contributed by atoms with Gasteiger partial charge in [0.25, 0.3) is 0 Å². The zero-order valence-corrected chi connectivity index (χ0v) is 14.4. The van der Waals surface area contributed by atoms with Crippen molar-refractivity contribution in [1.29, 1.82) is 0 Å². The minimum absolute atomic E-state index is 0.0174. The first kappa shape index (κ1) is 16.4. The molecule has 0 aliphatic carbocycles. The lowest BCUT2D eigenvalue weighted by Crippen LogP contribution is -2.48. The van der Waals surface area contributed by atoms with E-state index >= 15 is 0 Å². The van der Waals surface area contributed by atoms with Crippen LogP contribution in [0.3, 0.4) is 0 Å². The van der Waals surface area contributed by atoms with E-state index in [4.69, 9.17) is 9.26 Å². The number of hydrogen-bond acceptors (Lipinski definition) is 6. The number of rotatable bonds is 5. The number of nitrogens with zero attached hydrogens (tertiary/aromatic N) is 3. The number of para-hydroxylation sites is 2. The van der Waals surface area contributed by atoms with Gasteiger partial charge in [0.2, 0.25) is 11.8 Å². The number of aryl methyl sites for hydroxylation is 1. The second-order valence-corrected chi connectivity index (χ2v) is 6.42. The number of hydrogen-bond donors (Lipinski definition) is 1. The molecule has 1 unspecified atom stereocenters. The molecule has 24 heavy (non-hydrogen) atoms. The van der Waals surface area contributed by atoms with Crippen LogP contribution < -0.4 is 15.0 Å². The summed E-state index contributed by atoms with van der Waals surface area (Å²) in [6, 6.07) is 7.23. The summed E-state index contributed by atoms with van der Waals surface area (Å²) in [7, 11) is 1.61. The van der Waals surface area contributed by atoms with Crippen molar-refractivity contribution >= 4 is 11.6 Å². The number of methoxy groups -OCH3 is 1. The van der Waals surface area contributed by atoms with Crippen LogP contribution in [0.15, 0.2) is 28.8 Å². The molecule has 1 fully saturated rings. The molecule has 2 heterocycles. The van der Waals surface area contributed by atoms with Crippen LogP contribution in [0.2, 0.25) is 0 Å². The van der Waals surface area contributed by atoms with E-state index in [-0.39, 0.29) is 11.9 Å². The van der Waals surface area contributed by atoms with Gasteiger partial charge in [-0.2, -0.15) is 4.98 Å². The summed E-state index contributed by atoms with van der Waals surface area (Å²) in [6.45, 7) is 6.26. The lowest BCUT2D eigenvalue weighted by Gasteiger charge is -2.26. The van der Waals surface area contributed by atoms with E-state index in [2.05, 4.69) is 15.5 Å². The van der Waals surface area contributed by atoms with Gasteiger partial charge in [0.15, 0.2) is 5.82 Å². The Morgan fingerprint density at radius 3 is 2.79 bits per heavy atom. The summed E-state index contributed by atoms with van der Waals surface area (Å²) in [5.41, 5.74) is 0.207. The highest BCUT2D eigenvalue weighted by atomic mass is 16.5. The van der Waals surface area contributed by atoms with Crippen molar-refractivity contribution in [2.45, 2.75) is 38.8 Å². The molecule has 128 valence electrons. The van der Waals surface area contributed by atoms with Gasteiger partial charge in [0.05, 0.1) is 24.4 Å². The van der Waals surface area contributed by atoms with E-state index in [0.29, 0.717) is 30.4 Å². The quantitative estimate of drug-likeness (QED) is 0.903. The standard InChI is InChI=1S/C17H22N4O3/c1-11-18-16(24-20-11)17(2,3)19-12-9-10-21(15(12)22)13-7-5-6-8-14(13)23-4/h5-8,12,19H,9-10H2,1-4H3. The molecular weight excluding hydrogens is 308 g/mol. The Morgan fingerprint density at radius 2 is 2.12 bits per heavy atom.